The first-order valence-electron chi connectivity index (χ1n) is 6.50. The first-order chi connectivity index (χ1) is 9.60. The van der Waals surface area contributed by atoms with Gasteiger partial charge in [0.1, 0.15) is 5.75 Å². The summed E-state index contributed by atoms with van der Waals surface area (Å²) in [6, 6.07) is 6.84. The summed E-state index contributed by atoms with van der Waals surface area (Å²) in [5.74, 6) is 0.483. The minimum absolute atomic E-state index is 0.0147. The number of morpholine rings is 1. The van der Waals surface area contributed by atoms with Crippen molar-refractivity contribution in [2.45, 2.75) is 19.1 Å². The standard InChI is InChI=1S/C14H18ClNO4/c1-10-8-19-13(7-17)6-16(10)14(18)9-20-12-4-2-11(15)3-5-12/h2-5,10,13,17H,6-9H2,1H3. The van der Waals surface area contributed by atoms with Crippen LogP contribution in [-0.4, -0.2) is 54.4 Å². The van der Waals surface area contributed by atoms with E-state index >= 15 is 0 Å². The molecule has 1 amide bonds. The van der Waals surface area contributed by atoms with Crippen molar-refractivity contribution in [3.8, 4) is 5.75 Å². The monoisotopic (exact) mass is 299 g/mol. The lowest BCUT2D eigenvalue weighted by Crippen LogP contribution is -2.53. The molecule has 0 radical (unpaired) electrons. The van der Waals surface area contributed by atoms with E-state index in [1.807, 2.05) is 6.92 Å². The SMILES string of the molecule is CC1COC(CO)CN1C(=O)COc1ccc(Cl)cc1. The predicted molar refractivity (Wildman–Crippen MR) is 74.9 cm³/mol. The average molecular weight is 300 g/mol. The van der Waals surface area contributed by atoms with Crippen molar-refractivity contribution in [1.29, 1.82) is 0 Å². The van der Waals surface area contributed by atoms with Gasteiger partial charge in [-0.05, 0) is 31.2 Å². The quantitative estimate of drug-likeness (QED) is 0.911. The van der Waals surface area contributed by atoms with Gasteiger partial charge in [-0.3, -0.25) is 4.79 Å². The normalized spacial score (nSPS) is 22.6. The second-order valence-corrected chi connectivity index (χ2v) is 5.21. The molecule has 1 saturated heterocycles. The Morgan fingerprint density at radius 2 is 2.20 bits per heavy atom. The van der Waals surface area contributed by atoms with E-state index in [1.54, 1.807) is 29.2 Å². The molecule has 0 saturated carbocycles. The van der Waals surface area contributed by atoms with Gasteiger partial charge in [-0.15, -0.1) is 0 Å². The van der Waals surface area contributed by atoms with Crippen molar-refractivity contribution in [3.05, 3.63) is 29.3 Å². The number of halogens is 1. The highest BCUT2D eigenvalue weighted by molar-refractivity contribution is 6.30. The van der Waals surface area contributed by atoms with Crippen molar-refractivity contribution >= 4 is 17.5 Å². The van der Waals surface area contributed by atoms with Crippen molar-refractivity contribution in [1.82, 2.24) is 4.90 Å². The third kappa shape index (κ3) is 3.85. The summed E-state index contributed by atoms with van der Waals surface area (Å²) in [5, 5.41) is 9.73. The second-order valence-electron chi connectivity index (χ2n) is 4.78. The number of amides is 1. The zero-order chi connectivity index (χ0) is 14.5. The summed E-state index contributed by atoms with van der Waals surface area (Å²) in [4.78, 5) is 13.8. The van der Waals surface area contributed by atoms with Crippen LogP contribution < -0.4 is 4.74 Å². The lowest BCUT2D eigenvalue weighted by Gasteiger charge is -2.37. The van der Waals surface area contributed by atoms with Crippen LogP contribution in [0.5, 0.6) is 5.75 Å². The molecule has 0 aromatic heterocycles. The zero-order valence-electron chi connectivity index (χ0n) is 11.3. The van der Waals surface area contributed by atoms with Crippen molar-refractivity contribution in [2.75, 3.05) is 26.4 Å². The smallest absolute Gasteiger partial charge is 0.260 e. The summed E-state index contributed by atoms with van der Waals surface area (Å²) >= 11 is 5.78. The van der Waals surface area contributed by atoms with Crippen LogP contribution in [0.3, 0.4) is 0 Å². The molecule has 1 aliphatic heterocycles. The molecule has 0 aliphatic carbocycles. The van der Waals surface area contributed by atoms with E-state index in [-0.39, 0.29) is 31.3 Å². The number of benzene rings is 1. The Morgan fingerprint density at radius 3 is 2.85 bits per heavy atom. The zero-order valence-corrected chi connectivity index (χ0v) is 12.0. The molecular formula is C14H18ClNO4. The van der Waals surface area contributed by atoms with E-state index in [2.05, 4.69) is 0 Å². The Morgan fingerprint density at radius 1 is 1.50 bits per heavy atom. The van der Waals surface area contributed by atoms with Crippen molar-refractivity contribution < 1.29 is 19.4 Å². The molecule has 0 bridgehead atoms. The van der Waals surface area contributed by atoms with Crippen LogP contribution in [-0.2, 0) is 9.53 Å². The molecule has 5 nitrogen and oxygen atoms in total. The lowest BCUT2D eigenvalue weighted by atomic mass is 10.2. The van der Waals surface area contributed by atoms with Crippen LogP contribution in [0.2, 0.25) is 5.02 Å². The molecule has 20 heavy (non-hydrogen) atoms. The highest BCUT2D eigenvalue weighted by atomic mass is 35.5. The highest BCUT2D eigenvalue weighted by Gasteiger charge is 2.29. The largest absolute Gasteiger partial charge is 0.484 e. The van der Waals surface area contributed by atoms with Gasteiger partial charge < -0.3 is 19.5 Å². The minimum Gasteiger partial charge on any atom is -0.484 e. The Kier molecular flexibility index (Phi) is 5.23. The van der Waals surface area contributed by atoms with Crippen molar-refractivity contribution in [2.24, 2.45) is 0 Å². The second kappa shape index (κ2) is 6.92. The summed E-state index contributed by atoms with van der Waals surface area (Å²) < 4.78 is 10.8. The van der Waals surface area contributed by atoms with Gasteiger partial charge in [0.05, 0.1) is 25.4 Å². The first kappa shape index (κ1) is 15.1. The Labute approximate surface area is 123 Å². The van der Waals surface area contributed by atoms with Crippen LogP contribution >= 0.6 is 11.6 Å². The van der Waals surface area contributed by atoms with E-state index in [0.29, 0.717) is 23.9 Å². The van der Waals surface area contributed by atoms with Crippen LogP contribution in [0.4, 0.5) is 0 Å². The molecule has 2 rings (SSSR count). The number of hydrogen-bond donors (Lipinski definition) is 1. The Balaban J connectivity index is 1.88. The van der Waals surface area contributed by atoms with Gasteiger partial charge in [-0.2, -0.15) is 0 Å². The number of hydrogen-bond acceptors (Lipinski definition) is 4. The van der Waals surface area contributed by atoms with Crippen molar-refractivity contribution in [3.63, 3.8) is 0 Å². The molecule has 1 fully saturated rings. The third-order valence-corrected chi connectivity index (χ3v) is 3.46. The molecule has 6 heteroatoms. The number of aliphatic hydroxyl groups excluding tert-OH is 1. The van der Waals surface area contributed by atoms with E-state index < -0.39 is 0 Å². The van der Waals surface area contributed by atoms with Gasteiger partial charge in [-0.25, -0.2) is 0 Å². The van der Waals surface area contributed by atoms with E-state index in [9.17, 15) is 4.79 Å². The third-order valence-electron chi connectivity index (χ3n) is 3.21. The Bertz CT molecular complexity index is 451. The predicted octanol–water partition coefficient (Wildman–Crippen LogP) is 1.33. The molecular weight excluding hydrogens is 282 g/mol. The van der Waals surface area contributed by atoms with Gasteiger partial charge in [0.15, 0.2) is 6.61 Å². The molecule has 1 aromatic rings. The van der Waals surface area contributed by atoms with Gasteiger partial charge in [0.2, 0.25) is 0 Å². The topological polar surface area (TPSA) is 59.0 Å². The molecule has 2 atom stereocenters. The fourth-order valence-electron chi connectivity index (χ4n) is 2.03. The van der Waals surface area contributed by atoms with E-state index in [4.69, 9.17) is 26.2 Å². The molecule has 1 aromatic carbocycles. The number of rotatable bonds is 4. The first-order valence-corrected chi connectivity index (χ1v) is 6.88. The van der Waals surface area contributed by atoms with Gasteiger partial charge in [0, 0.05) is 11.6 Å². The van der Waals surface area contributed by atoms with E-state index in [0.717, 1.165) is 0 Å². The van der Waals surface area contributed by atoms with E-state index in [1.165, 1.54) is 0 Å². The van der Waals surface area contributed by atoms with Gasteiger partial charge in [-0.1, -0.05) is 11.6 Å². The molecule has 0 spiro atoms. The number of aliphatic hydroxyl groups is 1. The Hall–Kier alpha value is -1.30. The van der Waals surface area contributed by atoms with Crippen LogP contribution in [0.1, 0.15) is 6.92 Å². The number of nitrogens with zero attached hydrogens (tertiary/aromatic N) is 1. The summed E-state index contributed by atoms with van der Waals surface area (Å²) in [6.45, 7) is 2.60. The number of ether oxygens (including phenoxy) is 2. The molecule has 1 N–H and O–H groups in total. The fraction of sp³-hybridized carbons (Fsp3) is 0.500. The maximum atomic E-state index is 12.1. The van der Waals surface area contributed by atoms with Gasteiger partial charge in [0.25, 0.3) is 5.91 Å². The highest BCUT2D eigenvalue weighted by Crippen LogP contribution is 2.16. The lowest BCUT2D eigenvalue weighted by molar-refractivity contribution is -0.148. The number of carbonyl (C=O) groups excluding carboxylic acids is 1. The average Bonchev–Trinajstić information content (AvgIpc) is 2.47. The molecule has 1 aliphatic rings. The summed E-state index contributed by atoms with van der Waals surface area (Å²) in [6.07, 6.45) is -0.314. The summed E-state index contributed by atoms with van der Waals surface area (Å²) in [5.41, 5.74) is 0. The maximum absolute atomic E-state index is 12.1. The maximum Gasteiger partial charge on any atom is 0.260 e. The minimum atomic E-state index is -0.314. The molecule has 2 unspecified atom stereocenters. The summed E-state index contributed by atoms with van der Waals surface area (Å²) in [7, 11) is 0. The van der Waals surface area contributed by atoms with Gasteiger partial charge >= 0.3 is 0 Å². The fourth-order valence-corrected chi connectivity index (χ4v) is 2.16. The molecule has 110 valence electrons. The molecule has 1 heterocycles. The number of carbonyl (C=O) groups is 1. The van der Waals surface area contributed by atoms with Crippen LogP contribution in [0.15, 0.2) is 24.3 Å². The van der Waals surface area contributed by atoms with Crippen LogP contribution in [0.25, 0.3) is 0 Å². The van der Waals surface area contributed by atoms with Crippen LogP contribution in [0, 0.1) is 0 Å².